The van der Waals surface area contributed by atoms with Gasteiger partial charge in [0.05, 0.1) is 7.11 Å². The third-order valence-corrected chi connectivity index (χ3v) is 4.01. The van der Waals surface area contributed by atoms with Crippen molar-refractivity contribution in [2.75, 3.05) is 32.1 Å². The zero-order valence-electron chi connectivity index (χ0n) is 15.9. The van der Waals surface area contributed by atoms with Crippen molar-refractivity contribution in [3.8, 4) is 5.75 Å². The van der Waals surface area contributed by atoms with Gasteiger partial charge >= 0.3 is 0 Å². The largest absolute Gasteiger partial charge is 0.497 e. The van der Waals surface area contributed by atoms with Gasteiger partial charge in [-0.1, -0.05) is 26.0 Å². The highest BCUT2D eigenvalue weighted by atomic mass is 16.5. The van der Waals surface area contributed by atoms with E-state index >= 15 is 0 Å². The van der Waals surface area contributed by atoms with Gasteiger partial charge in [-0.05, 0) is 37.0 Å². The van der Waals surface area contributed by atoms with Crippen LogP contribution in [0.5, 0.6) is 5.75 Å². The third-order valence-electron chi connectivity index (χ3n) is 4.01. The quantitative estimate of drug-likeness (QED) is 0.707. The van der Waals surface area contributed by atoms with Crippen LogP contribution in [0, 0.1) is 0 Å². The highest BCUT2D eigenvalue weighted by Gasteiger charge is 2.16. The molecular weight excluding hydrogens is 328 g/mol. The molecule has 0 unspecified atom stereocenters. The van der Waals surface area contributed by atoms with Gasteiger partial charge in [-0.3, -0.25) is 4.79 Å². The predicted molar refractivity (Wildman–Crippen MR) is 104 cm³/mol. The van der Waals surface area contributed by atoms with E-state index in [1.165, 1.54) is 11.9 Å². The Morgan fingerprint density at radius 2 is 1.92 bits per heavy atom. The lowest BCUT2D eigenvalue weighted by atomic mass is 10.1. The van der Waals surface area contributed by atoms with Gasteiger partial charge in [-0.25, -0.2) is 9.97 Å². The van der Waals surface area contributed by atoms with E-state index in [4.69, 9.17) is 4.74 Å². The van der Waals surface area contributed by atoms with Crippen LogP contribution < -0.4 is 10.1 Å². The normalized spacial score (nSPS) is 10.4. The molecule has 0 spiro atoms. The monoisotopic (exact) mass is 356 g/mol. The number of methoxy groups -OCH3 is 1. The zero-order valence-corrected chi connectivity index (χ0v) is 15.9. The number of anilines is 1. The maximum atomic E-state index is 12.6. The first-order valence-corrected chi connectivity index (χ1v) is 9.16. The van der Waals surface area contributed by atoms with E-state index in [2.05, 4.69) is 35.2 Å². The van der Waals surface area contributed by atoms with Gasteiger partial charge in [0, 0.05) is 25.7 Å². The van der Waals surface area contributed by atoms with Crippen LogP contribution >= 0.6 is 0 Å². The minimum absolute atomic E-state index is 0.0352. The molecule has 1 amide bonds. The molecular formula is C20H28N4O2. The molecule has 1 N–H and O–H groups in total. The molecule has 26 heavy (non-hydrogen) atoms. The maximum absolute atomic E-state index is 12.6. The van der Waals surface area contributed by atoms with Crippen LogP contribution in [0.4, 0.5) is 5.82 Å². The number of carbonyl (C=O) groups is 1. The predicted octanol–water partition coefficient (Wildman–Crippen LogP) is 3.40. The number of rotatable bonds is 10. The Morgan fingerprint density at radius 1 is 1.15 bits per heavy atom. The lowest BCUT2D eigenvalue weighted by Crippen LogP contribution is -2.33. The third kappa shape index (κ3) is 5.72. The second-order valence-electron chi connectivity index (χ2n) is 6.11. The number of aromatic nitrogens is 2. The Hall–Kier alpha value is -2.63. The number of ether oxygens (including phenoxy) is 1. The van der Waals surface area contributed by atoms with Gasteiger partial charge in [-0.2, -0.15) is 0 Å². The smallest absolute Gasteiger partial charge is 0.272 e. The summed E-state index contributed by atoms with van der Waals surface area (Å²) in [5.74, 6) is 1.48. The molecule has 0 aliphatic rings. The molecule has 2 aromatic rings. The first kappa shape index (κ1) is 19.7. The molecule has 140 valence electrons. The molecule has 2 rings (SSSR count). The number of nitrogens with zero attached hydrogens (tertiary/aromatic N) is 3. The lowest BCUT2D eigenvalue weighted by molar-refractivity contribution is 0.0749. The zero-order chi connectivity index (χ0) is 18.8. The topological polar surface area (TPSA) is 67.4 Å². The minimum atomic E-state index is -0.0352. The summed E-state index contributed by atoms with van der Waals surface area (Å²) in [4.78, 5) is 22.9. The van der Waals surface area contributed by atoms with Crippen molar-refractivity contribution in [3.63, 3.8) is 0 Å². The Balaban J connectivity index is 1.96. The highest BCUT2D eigenvalue weighted by Crippen LogP contribution is 2.13. The van der Waals surface area contributed by atoms with Gasteiger partial charge in [-0.15, -0.1) is 0 Å². The molecule has 0 aliphatic carbocycles. The van der Waals surface area contributed by atoms with Crippen molar-refractivity contribution in [2.24, 2.45) is 0 Å². The fourth-order valence-electron chi connectivity index (χ4n) is 2.75. The van der Waals surface area contributed by atoms with Gasteiger partial charge in [0.25, 0.3) is 5.91 Å². The van der Waals surface area contributed by atoms with E-state index in [-0.39, 0.29) is 5.91 Å². The van der Waals surface area contributed by atoms with Gasteiger partial charge in [0.2, 0.25) is 0 Å². The van der Waals surface area contributed by atoms with Crippen molar-refractivity contribution < 1.29 is 9.53 Å². The van der Waals surface area contributed by atoms with E-state index < -0.39 is 0 Å². The first-order valence-electron chi connectivity index (χ1n) is 9.16. The summed E-state index contributed by atoms with van der Waals surface area (Å²) in [6.07, 6.45) is 4.14. The fraction of sp³-hybridized carbons (Fsp3) is 0.450. The molecule has 0 aliphatic heterocycles. The van der Waals surface area contributed by atoms with Crippen molar-refractivity contribution >= 4 is 11.7 Å². The van der Waals surface area contributed by atoms with Crippen LogP contribution in [0.3, 0.4) is 0 Å². The van der Waals surface area contributed by atoms with Crippen molar-refractivity contribution in [3.05, 3.63) is 47.9 Å². The summed E-state index contributed by atoms with van der Waals surface area (Å²) in [7, 11) is 1.66. The van der Waals surface area contributed by atoms with Crippen LogP contribution in [0.1, 0.15) is 42.7 Å². The first-order chi connectivity index (χ1) is 12.7. The SMILES string of the molecule is CCCN(CCC)C(=O)c1cc(NCCc2cccc(OC)c2)ncn1. The summed E-state index contributed by atoms with van der Waals surface area (Å²) in [6.45, 7) is 6.35. The van der Waals surface area contributed by atoms with Gasteiger partial charge in [0.1, 0.15) is 23.6 Å². The Bertz CT molecular complexity index is 700. The Morgan fingerprint density at radius 3 is 2.62 bits per heavy atom. The summed E-state index contributed by atoms with van der Waals surface area (Å²) < 4.78 is 5.24. The van der Waals surface area contributed by atoms with E-state index in [1.807, 2.05) is 23.1 Å². The molecule has 0 radical (unpaired) electrons. The number of amides is 1. The van der Waals surface area contributed by atoms with Crippen LogP contribution in [-0.2, 0) is 6.42 Å². The average Bonchev–Trinajstić information content (AvgIpc) is 2.67. The summed E-state index contributed by atoms with van der Waals surface area (Å²) >= 11 is 0. The van der Waals surface area contributed by atoms with Crippen LogP contribution in [-0.4, -0.2) is 47.5 Å². The standard InChI is InChI=1S/C20H28N4O2/c1-4-11-24(12-5-2)20(25)18-14-19(23-15-22-18)21-10-9-16-7-6-8-17(13-16)26-3/h6-8,13-15H,4-5,9-12H2,1-3H3,(H,21,22,23). The highest BCUT2D eigenvalue weighted by molar-refractivity contribution is 5.92. The molecule has 1 heterocycles. The molecule has 0 saturated carbocycles. The molecule has 1 aromatic carbocycles. The Kier molecular flexibility index (Phi) is 7.86. The van der Waals surface area contributed by atoms with Crippen LogP contribution in [0.15, 0.2) is 36.7 Å². The molecule has 0 saturated heterocycles. The number of hydrogen-bond acceptors (Lipinski definition) is 5. The number of nitrogens with one attached hydrogen (secondary N) is 1. The van der Waals surface area contributed by atoms with E-state index in [0.29, 0.717) is 18.1 Å². The van der Waals surface area contributed by atoms with Crippen molar-refractivity contribution in [1.29, 1.82) is 0 Å². The van der Waals surface area contributed by atoms with Crippen LogP contribution in [0.2, 0.25) is 0 Å². The molecule has 0 fully saturated rings. The molecule has 6 heteroatoms. The summed E-state index contributed by atoms with van der Waals surface area (Å²) in [5, 5.41) is 3.27. The number of carbonyl (C=O) groups excluding carboxylic acids is 1. The van der Waals surface area contributed by atoms with Crippen LogP contribution in [0.25, 0.3) is 0 Å². The summed E-state index contributed by atoms with van der Waals surface area (Å²) in [5.41, 5.74) is 1.62. The Labute approximate surface area is 155 Å². The molecule has 1 aromatic heterocycles. The van der Waals surface area contributed by atoms with E-state index in [1.54, 1.807) is 13.2 Å². The van der Waals surface area contributed by atoms with Gasteiger partial charge < -0.3 is 15.0 Å². The van der Waals surface area contributed by atoms with E-state index in [9.17, 15) is 4.79 Å². The fourth-order valence-corrected chi connectivity index (χ4v) is 2.75. The maximum Gasteiger partial charge on any atom is 0.272 e. The number of hydrogen-bond donors (Lipinski definition) is 1. The molecule has 0 atom stereocenters. The summed E-state index contributed by atoms with van der Waals surface area (Å²) in [6, 6.07) is 9.71. The molecule has 0 bridgehead atoms. The molecule has 6 nitrogen and oxygen atoms in total. The second-order valence-corrected chi connectivity index (χ2v) is 6.11. The van der Waals surface area contributed by atoms with Crippen molar-refractivity contribution in [2.45, 2.75) is 33.1 Å². The number of benzene rings is 1. The van der Waals surface area contributed by atoms with Crippen molar-refractivity contribution in [1.82, 2.24) is 14.9 Å². The lowest BCUT2D eigenvalue weighted by Gasteiger charge is -2.21. The second kappa shape index (κ2) is 10.4. The average molecular weight is 356 g/mol. The minimum Gasteiger partial charge on any atom is -0.497 e. The van der Waals surface area contributed by atoms with Gasteiger partial charge in [0.15, 0.2) is 0 Å². The van der Waals surface area contributed by atoms with E-state index in [0.717, 1.165) is 38.1 Å².